The van der Waals surface area contributed by atoms with Gasteiger partial charge in [-0.15, -0.1) is 0 Å². The van der Waals surface area contributed by atoms with Gasteiger partial charge in [-0.2, -0.15) is 0 Å². The molecule has 128 valence electrons. The van der Waals surface area contributed by atoms with Crippen molar-refractivity contribution in [1.29, 1.82) is 0 Å². The second kappa shape index (κ2) is 6.27. The Hall–Kier alpha value is -3.35. The van der Waals surface area contributed by atoms with Gasteiger partial charge in [-0.05, 0) is 29.8 Å². The lowest BCUT2D eigenvalue weighted by molar-refractivity contribution is -0.118. The van der Waals surface area contributed by atoms with E-state index < -0.39 is 23.8 Å². The number of phenols is 1. The van der Waals surface area contributed by atoms with Gasteiger partial charge in [0.05, 0.1) is 30.7 Å². The Morgan fingerprint density at radius 2 is 1.76 bits per heavy atom. The number of imide groups is 1. The zero-order valence-electron chi connectivity index (χ0n) is 13.4. The van der Waals surface area contributed by atoms with Crippen LogP contribution in [0.1, 0.15) is 38.7 Å². The molecule has 3 rings (SSSR count). The Kier molecular flexibility index (Phi) is 4.14. The first-order valence-electron chi connectivity index (χ1n) is 7.56. The van der Waals surface area contributed by atoms with Crippen LogP contribution in [0.4, 0.5) is 0 Å². The minimum absolute atomic E-state index is 0.0913. The van der Waals surface area contributed by atoms with Crippen molar-refractivity contribution < 1.29 is 24.2 Å². The molecule has 0 fully saturated rings. The van der Waals surface area contributed by atoms with Gasteiger partial charge >= 0.3 is 0 Å². The zero-order valence-corrected chi connectivity index (χ0v) is 13.4. The number of ether oxygens (including phenoxy) is 1. The third-order valence-corrected chi connectivity index (χ3v) is 4.12. The molecular formula is C18H16N2O5. The number of fused-ring (bicyclic) bond motifs is 1. The van der Waals surface area contributed by atoms with Crippen molar-refractivity contribution in [3.05, 3.63) is 59.2 Å². The molecule has 1 unspecified atom stereocenters. The Morgan fingerprint density at radius 1 is 1.16 bits per heavy atom. The number of methoxy groups -OCH3 is 1. The van der Waals surface area contributed by atoms with Crippen LogP contribution in [0.25, 0.3) is 0 Å². The Labute approximate surface area is 143 Å². The molecule has 7 nitrogen and oxygen atoms in total. The molecule has 0 aromatic heterocycles. The van der Waals surface area contributed by atoms with E-state index in [1.807, 2.05) is 0 Å². The predicted molar refractivity (Wildman–Crippen MR) is 88.2 cm³/mol. The maximum absolute atomic E-state index is 12.7. The summed E-state index contributed by atoms with van der Waals surface area (Å²) in [4.78, 5) is 38.0. The molecule has 1 heterocycles. The molecule has 1 aliphatic heterocycles. The van der Waals surface area contributed by atoms with Crippen LogP contribution in [-0.2, 0) is 4.79 Å². The molecule has 2 aromatic carbocycles. The van der Waals surface area contributed by atoms with Crippen molar-refractivity contribution in [2.45, 2.75) is 12.5 Å². The summed E-state index contributed by atoms with van der Waals surface area (Å²) in [6, 6.07) is 9.95. The van der Waals surface area contributed by atoms with E-state index in [4.69, 9.17) is 10.5 Å². The van der Waals surface area contributed by atoms with E-state index in [1.165, 1.54) is 25.3 Å². The molecule has 0 saturated carbocycles. The second-order valence-electron chi connectivity index (χ2n) is 5.64. The summed E-state index contributed by atoms with van der Waals surface area (Å²) >= 11 is 0. The fourth-order valence-electron chi connectivity index (χ4n) is 2.94. The lowest BCUT2D eigenvalue weighted by Gasteiger charge is -2.26. The molecule has 3 N–H and O–H groups in total. The van der Waals surface area contributed by atoms with E-state index in [0.717, 1.165) is 4.90 Å². The van der Waals surface area contributed by atoms with Crippen LogP contribution in [0.15, 0.2) is 42.5 Å². The van der Waals surface area contributed by atoms with Crippen LogP contribution in [0.2, 0.25) is 0 Å². The second-order valence-corrected chi connectivity index (χ2v) is 5.64. The average molecular weight is 340 g/mol. The van der Waals surface area contributed by atoms with Gasteiger partial charge < -0.3 is 15.6 Å². The van der Waals surface area contributed by atoms with Crippen LogP contribution < -0.4 is 10.5 Å². The highest BCUT2D eigenvalue weighted by Crippen LogP contribution is 2.36. The number of nitrogens with two attached hydrogens (primary N) is 1. The summed E-state index contributed by atoms with van der Waals surface area (Å²) < 4.78 is 5.06. The van der Waals surface area contributed by atoms with Crippen molar-refractivity contribution in [2.24, 2.45) is 5.73 Å². The number of benzene rings is 2. The highest BCUT2D eigenvalue weighted by atomic mass is 16.5. The molecule has 2 aromatic rings. The first kappa shape index (κ1) is 16.5. The number of phenolic OH excluding ortho intramolecular Hbond substituents is 1. The summed E-state index contributed by atoms with van der Waals surface area (Å²) in [5.74, 6) is -1.55. The van der Waals surface area contributed by atoms with Crippen molar-refractivity contribution in [2.75, 3.05) is 7.11 Å². The number of amides is 3. The van der Waals surface area contributed by atoms with Gasteiger partial charge in [0.1, 0.15) is 0 Å². The van der Waals surface area contributed by atoms with E-state index in [2.05, 4.69) is 0 Å². The van der Waals surface area contributed by atoms with Gasteiger partial charge in [-0.25, -0.2) is 0 Å². The van der Waals surface area contributed by atoms with Crippen LogP contribution >= 0.6 is 0 Å². The SMILES string of the molecule is COc1cc(C(CC(N)=O)N2C(=O)c3ccccc3C2=O)ccc1O. The summed E-state index contributed by atoms with van der Waals surface area (Å²) in [6.45, 7) is 0. The number of hydrogen-bond acceptors (Lipinski definition) is 5. The van der Waals surface area contributed by atoms with Crippen molar-refractivity contribution in [3.8, 4) is 11.5 Å². The standard InChI is InChI=1S/C18H16N2O5/c1-25-15-8-10(6-7-14(15)21)13(9-16(19)22)20-17(23)11-4-2-3-5-12(11)18(20)24/h2-8,13,21H,9H2,1H3,(H2,19,22). The molecule has 25 heavy (non-hydrogen) atoms. The lowest BCUT2D eigenvalue weighted by Crippen LogP contribution is -2.36. The van der Waals surface area contributed by atoms with E-state index in [-0.39, 0.29) is 29.0 Å². The summed E-state index contributed by atoms with van der Waals surface area (Å²) in [5.41, 5.74) is 6.36. The molecule has 1 atom stereocenters. The largest absolute Gasteiger partial charge is 0.504 e. The summed E-state index contributed by atoms with van der Waals surface area (Å²) in [5, 5.41) is 9.75. The topological polar surface area (TPSA) is 110 Å². The number of rotatable bonds is 5. The Balaban J connectivity index is 2.07. The van der Waals surface area contributed by atoms with E-state index in [0.29, 0.717) is 5.56 Å². The minimum atomic E-state index is -0.889. The first-order valence-corrected chi connectivity index (χ1v) is 7.56. The fraction of sp³-hybridized carbons (Fsp3) is 0.167. The van der Waals surface area contributed by atoms with E-state index in [1.54, 1.807) is 24.3 Å². The van der Waals surface area contributed by atoms with Gasteiger partial charge in [0.2, 0.25) is 5.91 Å². The van der Waals surface area contributed by atoms with Crippen LogP contribution in [0.5, 0.6) is 11.5 Å². The number of primary amides is 1. The maximum atomic E-state index is 12.7. The third-order valence-electron chi connectivity index (χ3n) is 4.12. The van der Waals surface area contributed by atoms with E-state index in [9.17, 15) is 19.5 Å². The fourth-order valence-corrected chi connectivity index (χ4v) is 2.94. The zero-order chi connectivity index (χ0) is 18.1. The van der Waals surface area contributed by atoms with Crippen LogP contribution in [0.3, 0.4) is 0 Å². The molecule has 3 amide bonds. The van der Waals surface area contributed by atoms with Crippen molar-refractivity contribution in [1.82, 2.24) is 4.90 Å². The lowest BCUT2D eigenvalue weighted by atomic mass is 10.0. The molecule has 0 radical (unpaired) electrons. The maximum Gasteiger partial charge on any atom is 0.262 e. The molecule has 0 bridgehead atoms. The number of hydrogen-bond donors (Lipinski definition) is 2. The normalized spacial score (nSPS) is 14.4. The van der Waals surface area contributed by atoms with E-state index >= 15 is 0 Å². The van der Waals surface area contributed by atoms with Gasteiger partial charge in [0, 0.05) is 0 Å². The summed E-state index contributed by atoms with van der Waals surface area (Å²) in [7, 11) is 1.38. The van der Waals surface area contributed by atoms with Crippen molar-refractivity contribution >= 4 is 17.7 Å². The third kappa shape index (κ3) is 2.80. The van der Waals surface area contributed by atoms with Gasteiger partial charge in [0.25, 0.3) is 11.8 Å². The predicted octanol–water partition coefficient (Wildman–Crippen LogP) is 1.61. The molecule has 0 saturated heterocycles. The average Bonchev–Trinajstić information content (AvgIpc) is 2.85. The van der Waals surface area contributed by atoms with Crippen LogP contribution in [-0.4, -0.2) is 34.8 Å². The smallest absolute Gasteiger partial charge is 0.262 e. The van der Waals surface area contributed by atoms with Crippen molar-refractivity contribution in [3.63, 3.8) is 0 Å². The molecule has 0 spiro atoms. The number of aromatic hydroxyl groups is 1. The number of nitrogens with zero attached hydrogens (tertiary/aromatic N) is 1. The number of carbonyl (C=O) groups excluding carboxylic acids is 3. The Morgan fingerprint density at radius 3 is 2.28 bits per heavy atom. The highest BCUT2D eigenvalue weighted by molar-refractivity contribution is 6.21. The van der Waals surface area contributed by atoms with Gasteiger partial charge in [-0.1, -0.05) is 18.2 Å². The molecule has 0 aliphatic carbocycles. The molecule has 1 aliphatic rings. The highest BCUT2D eigenvalue weighted by Gasteiger charge is 2.41. The van der Waals surface area contributed by atoms with Gasteiger partial charge in [-0.3, -0.25) is 19.3 Å². The quantitative estimate of drug-likeness (QED) is 0.804. The minimum Gasteiger partial charge on any atom is -0.504 e. The molecular weight excluding hydrogens is 324 g/mol. The first-order chi connectivity index (χ1) is 11.9. The van der Waals surface area contributed by atoms with Crippen LogP contribution in [0, 0.1) is 0 Å². The number of carbonyl (C=O) groups is 3. The summed E-state index contributed by atoms with van der Waals surface area (Å²) in [6.07, 6.45) is -0.237. The monoisotopic (exact) mass is 340 g/mol. The molecule has 7 heteroatoms. The Bertz CT molecular complexity index is 843. The van der Waals surface area contributed by atoms with Gasteiger partial charge in [0.15, 0.2) is 11.5 Å².